The lowest BCUT2D eigenvalue weighted by atomic mass is 9.95. The fraction of sp³-hybridized carbons (Fsp3) is 0.727. The largest absolute Gasteiger partial charge is 0.478 e. The number of aliphatic carboxylic acids is 1. The number of allylic oxidation sites excluding steroid dienone is 1. The van der Waals surface area contributed by atoms with E-state index in [0.717, 1.165) is 19.5 Å². The molecule has 0 aromatic heterocycles. The molecule has 80 valence electrons. The van der Waals surface area contributed by atoms with Crippen LogP contribution in [0.25, 0.3) is 0 Å². The SMILES string of the molecule is CCN1CCCC(CC=CC(=O)O)C1. The van der Waals surface area contributed by atoms with Crippen LogP contribution < -0.4 is 0 Å². The quantitative estimate of drug-likeness (QED) is 0.698. The minimum absolute atomic E-state index is 0.652. The third-order valence-electron chi connectivity index (χ3n) is 2.78. The predicted molar refractivity (Wildman–Crippen MR) is 56.2 cm³/mol. The van der Waals surface area contributed by atoms with Crippen LogP contribution in [0.2, 0.25) is 0 Å². The van der Waals surface area contributed by atoms with Crippen LogP contribution in [0, 0.1) is 5.92 Å². The van der Waals surface area contributed by atoms with Crippen molar-refractivity contribution in [3.8, 4) is 0 Å². The molecular weight excluding hydrogens is 178 g/mol. The molecule has 0 bridgehead atoms. The first kappa shape index (κ1) is 11.2. The Morgan fingerprint density at radius 1 is 1.64 bits per heavy atom. The number of carbonyl (C=O) groups is 1. The molecule has 0 aliphatic carbocycles. The van der Waals surface area contributed by atoms with Crippen molar-refractivity contribution in [3.63, 3.8) is 0 Å². The van der Waals surface area contributed by atoms with Crippen LogP contribution >= 0.6 is 0 Å². The number of piperidine rings is 1. The molecule has 1 N–H and O–H groups in total. The molecule has 14 heavy (non-hydrogen) atoms. The first-order chi connectivity index (χ1) is 6.72. The monoisotopic (exact) mass is 197 g/mol. The van der Waals surface area contributed by atoms with Crippen LogP contribution in [0.1, 0.15) is 26.2 Å². The highest BCUT2D eigenvalue weighted by Gasteiger charge is 2.17. The Labute approximate surface area is 85.4 Å². The summed E-state index contributed by atoms with van der Waals surface area (Å²) in [7, 11) is 0. The highest BCUT2D eigenvalue weighted by Crippen LogP contribution is 2.19. The highest BCUT2D eigenvalue weighted by molar-refractivity contribution is 5.79. The molecule has 1 atom stereocenters. The maximum atomic E-state index is 10.3. The molecule has 0 spiro atoms. The summed E-state index contributed by atoms with van der Waals surface area (Å²) in [4.78, 5) is 12.7. The molecule has 1 saturated heterocycles. The lowest BCUT2D eigenvalue weighted by molar-refractivity contribution is -0.131. The fourth-order valence-corrected chi connectivity index (χ4v) is 1.99. The van der Waals surface area contributed by atoms with E-state index in [1.807, 2.05) is 0 Å². The van der Waals surface area contributed by atoms with E-state index in [1.165, 1.54) is 25.5 Å². The maximum absolute atomic E-state index is 10.3. The summed E-state index contributed by atoms with van der Waals surface area (Å²) in [6.45, 7) is 5.62. The first-order valence-electron chi connectivity index (χ1n) is 5.34. The van der Waals surface area contributed by atoms with Gasteiger partial charge in [0.1, 0.15) is 0 Å². The van der Waals surface area contributed by atoms with Gasteiger partial charge in [-0.05, 0) is 38.3 Å². The van der Waals surface area contributed by atoms with Crippen molar-refractivity contribution in [2.45, 2.75) is 26.2 Å². The second-order valence-electron chi connectivity index (χ2n) is 3.88. The predicted octanol–water partition coefficient (Wildman–Crippen LogP) is 1.75. The van der Waals surface area contributed by atoms with Gasteiger partial charge in [0.2, 0.25) is 0 Å². The van der Waals surface area contributed by atoms with Gasteiger partial charge in [-0.2, -0.15) is 0 Å². The summed E-state index contributed by atoms with van der Waals surface area (Å²) in [6, 6.07) is 0. The van der Waals surface area contributed by atoms with Crippen molar-refractivity contribution in [1.29, 1.82) is 0 Å². The van der Waals surface area contributed by atoms with E-state index < -0.39 is 5.97 Å². The molecule has 0 amide bonds. The van der Waals surface area contributed by atoms with Crippen LogP contribution in [0.4, 0.5) is 0 Å². The number of likely N-dealkylation sites (tertiary alicyclic amines) is 1. The van der Waals surface area contributed by atoms with Crippen LogP contribution in [0.15, 0.2) is 12.2 Å². The average Bonchev–Trinajstić information content (AvgIpc) is 2.18. The zero-order chi connectivity index (χ0) is 10.4. The Morgan fingerprint density at radius 3 is 3.07 bits per heavy atom. The van der Waals surface area contributed by atoms with E-state index >= 15 is 0 Å². The van der Waals surface area contributed by atoms with E-state index in [9.17, 15) is 4.79 Å². The van der Waals surface area contributed by atoms with E-state index in [0.29, 0.717) is 5.92 Å². The third kappa shape index (κ3) is 3.92. The Morgan fingerprint density at radius 2 is 2.43 bits per heavy atom. The molecule has 3 heteroatoms. The van der Waals surface area contributed by atoms with Crippen LogP contribution in [0.3, 0.4) is 0 Å². The molecular formula is C11H19NO2. The van der Waals surface area contributed by atoms with E-state index in [-0.39, 0.29) is 0 Å². The van der Waals surface area contributed by atoms with Gasteiger partial charge in [-0.3, -0.25) is 0 Å². The molecule has 0 aromatic rings. The summed E-state index contributed by atoms with van der Waals surface area (Å²) in [5, 5.41) is 8.44. The van der Waals surface area contributed by atoms with E-state index in [2.05, 4.69) is 11.8 Å². The van der Waals surface area contributed by atoms with Gasteiger partial charge in [-0.25, -0.2) is 4.79 Å². The van der Waals surface area contributed by atoms with Gasteiger partial charge in [0.25, 0.3) is 0 Å². The van der Waals surface area contributed by atoms with Crippen LogP contribution in [-0.4, -0.2) is 35.6 Å². The second kappa shape index (κ2) is 5.81. The molecule has 0 saturated carbocycles. The third-order valence-corrected chi connectivity index (χ3v) is 2.78. The molecule has 0 radical (unpaired) electrons. The standard InChI is InChI=1S/C11H19NO2/c1-2-12-8-4-6-10(9-12)5-3-7-11(13)14/h3,7,10H,2,4-6,8-9H2,1H3,(H,13,14). The van der Waals surface area contributed by atoms with Crippen molar-refractivity contribution >= 4 is 5.97 Å². The highest BCUT2D eigenvalue weighted by atomic mass is 16.4. The average molecular weight is 197 g/mol. The lowest BCUT2D eigenvalue weighted by Crippen LogP contribution is -2.34. The van der Waals surface area contributed by atoms with Gasteiger partial charge in [0, 0.05) is 12.6 Å². The minimum atomic E-state index is -0.840. The van der Waals surface area contributed by atoms with Gasteiger partial charge in [-0.15, -0.1) is 0 Å². The van der Waals surface area contributed by atoms with Crippen LogP contribution in [0.5, 0.6) is 0 Å². The van der Waals surface area contributed by atoms with Gasteiger partial charge in [0.15, 0.2) is 0 Å². The molecule has 1 fully saturated rings. The van der Waals surface area contributed by atoms with Gasteiger partial charge in [0.05, 0.1) is 0 Å². The molecule has 1 unspecified atom stereocenters. The van der Waals surface area contributed by atoms with Crippen molar-refractivity contribution in [1.82, 2.24) is 4.90 Å². The van der Waals surface area contributed by atoms with Gasteiger partial charge >= 0.3 is 5.97 Å². The summed E-state index contributed by atoms with van der Waals surface area (Å²) < 4.78 is 0. The molecule has 1 heterocycles. The van der Waals surface area contributed by atoms with E-state index in [1.54, 1.807) is 6.08 Å². The number of carboxylic acid groups (broad SMARTS) is 1. The van der Waals surface area contributed by atoms with Gasteiger partial charge in [-0.1, -0.05) is 13.0 Å². The topological polar surface area (TPSA) is 40.5 Å². The molecule has 0 aromatic carbocycles. The van der Waals surface area contributed by atoms with Crippen molar-refractivity contribution in [3.05, 3.63) is 12.2 Å². The summed E-state index contributed by atoms with van der Waals surface area (Å²) >= 11 is 0. The maximum Gasteiger partial charge on any atom is 0.327 e. The lowest BCUT2D eigenvalue weighted by Gasteiger charge is -2.31. The molecule has 1 rings (SSSR count). The zero-order valence-electron chi connectivity index (χ0n) is 8.78. The Bertz CT molecular complexity index is 213. The summed E-state index contributed by atoms with van der Waals surface area (Å²) in [5.74, 6) is -0.188. The Balaban J connectivity index is 2.27. The van der Waals surface area contributed by atoms with Crippen molar-refractivity contribution in [2.24, 2.45) is 5.92 Å². The molecule has 1 aliphatic rings. The fourth-order valence-electron chi connectivity index (χ4n) is 1.99. The molecule has 3 nitrogen and oxygen atoms in total. The number of rotatable bonds is 4. The number of hydrogen-bond acceptors (Lipinski definition) is 2. The van der Waals surface area contributed by atoms with E-state index in [4.69, 9.17) is 5.11 Å². The van der Waals surface area contributed by atoms with Crippen molar-refractivity contribution < 1.29 is 9.90 Å². The minimum Gasteiger partial charge on any atom is -0.478 e. The summed E-state index contributed by atoms with van der Waals surface area (Å²) in [6.07, 6.45) is 6.43. The van der Waals surface area contributed by atoms with Crippen molar-refractivity contribution in [2.75, 3.05) is 19.6 Å². The Kier molecular flexibility index (Phi) is 4.66. The molecule has 1 aliphatic heterocycles. The number of carboxylic acids is 1. The Hall–Kier alpha value is -0.830. The smallest absolute Gasteiger partial charge is 0.327 e. The zero-order valence-corrected chi connectivity index (χ0v) is 8.78. The van der Waals surface area contributed by atoms with Gasteiger partial charge < -0.3 is 10.0 Å². The first-order valence-corrected chi connectivity index (χ1v) is 5.34. The normalized spacial score (nSPS) is 24.2. The number of nitrogens with zero attached hydrogens (tertiary/aromatic N) is 1. The second-order valence-corrected chi connectivity index (χ2v) is 3.88. The number of hydrogen-bond donors (Lipinski definition) is 1. The summed E-state index contributed by atoms with van der Waals surface area (Å²) in [5.41, 5.74) is 0. The van der Waals surface area contributed by atoms with Crippen LogP contribution in [-0.2, 0) is 4.79 Å².